The van der Waals surface area contributed by atoms with Crippen LogP contribution in [0.4, 0.5) is 13.2 Å². The Morgan fingerprint density at radius 2 is 1.89 bits per heavy atom. The van der Waals surface area contributed by atoms with E-state index in [9.17, 15) is 22.8 Å². The average Bonchev–Trinajstić information content (AvgIpc) is 2.33. The fourth-order valence-corrected chi connectivity index (χ4v) is 1.56. The molecular weight excluding hydrogens is 265 g/mol. The first-order valence-corrected chi connectivity index (χ1v) is 5.12. The van der Waals surface area contributed by atoms with Crippen LogP contribution in [0.3, 0.4) is 0 Å². The van der Waals surface area contributed by atoms with Gasteiger partial charge in [-0.25, -0.2) is 9.59 Å². The van der Waals surface area contributed by atoms with Crippen LogP contribution in [-0.2, 0) is 4.79 Å². The highest BCUT2D eigenvalue weighted by molar-refractivity contribution is 5.84. The molecule has 4 nitrogen and oxygen atoms in total. The molecule has 0 radical (unpaired) electrons. The number of carbonyl (C=O) groups is 1. The Labute approximate surface area is 104 Å². The second-order valence-corrected chi connectivity index (χ2v) is 3.73. The van der Waals surface area contributed by atoms with Gasteiger partial charge in [-0.3, -0.25) is 0 Å². The number of para-hydroxylation sites is 1. The molecule has 0 unspecified atom stereocenters. The van der Waals surface area contributed by atoms with Gasteiger partial charge in [-0.1, -0.05) is 18.2 Å². The number of hydrogen-bond donors (Lipinski definition) is 0. The minimum atomic E-state index is -5.18. The Hall–Kier alpha value is -2.31. The minimum Gasteiger partial charge on any atom is -0.420 e. The second-order valence-electron chi connectivity index (χ2n) is 3.73. The molecule has 2 aromatic rings. The largest absolute Gasteiger partial charge is 0.491 e. The fraction of sp³-hybridized carbons (Fsp3) is 0.167. The summed E-state index contributed by atoms with van der Waals surface area (Å²) in [5.74, 6) is -3.21. The summed E-state index contributed by atoms with van der Waals surface area (Å²) in [6.07, 6.45) is -5.18. The smallest absolute Gasteiger partial charge is 0.420 e. The number of carbonyl (C=O) groups excluding carboxylic acids is 1. The highest BCUT2D eigenvalue weighted by Gasteiger charge is 2.42. The highest BCUT2D eigenvalue weighted by Crippen LogP contribution is 2.25. The summed E-state index contributed by atoms with van der Waals surface area (Å²) >= 11 is 0. The molecule has 1 aromatic heterocycles. The van der Waals surface area contributed by atoms with Crippen LogP contribution >= 0.6 is 0 Å². The summed E-state index contributed by atoms with van der Waals surface area (Å²) in [4.78, 5) is 22.3. The molecule has 1 aromatic carbocycles. The second kappa shape index (κ2) is 4.42. The maximum Gasteiger partial charge on any atom is 0.491 e. The van der Waals surface area contributed by atoms with Crippen molar-refractivity contribution in [3.63, 3.8) is 0 Å². The van der Waals surface area contributed by atoms with E-state index >= 15 is 0 Å². The van der Waals surface area contributed by atoms with Gasteiger partial charge in [0.15, 0.2) is 0 Å². The number of hydrogen-bond acceptors (Lipinski definition) is 4. The number of aryl methyl sites for hydroxylation is 1. The van der Waals surface area contributed by atoms with E-state index in [1.165, 1.54) is 13.0 Å². The van der Waals surface area contributed by atoms with Crippen LogP contribution in [0.1, 0.15) is 5.56 Å². The van der Waals surface area contributed by atoms with Crippen molar-refractivity contribution in [3.05, 3.63) is 40.2 Å². The summed E-state index contributed by atoms with van der Waals surface area (Å²) in [6, 6.07) is 6.24. The summed E-state index contributed by atoms with van der Waals surface area (Å²) in [5, 5.41) is 0.395. The van der Waals surface area contributed by atoms with Gasteiger partial charge in [0.2, 0.25) is 5.75 Å². The van der Waals surface area contributed by atoms with Crippen molar-refractivity contribution in [1.82, 2.24) is 0 Å². The van der Waals surface area contributed by atoms with Crippen molar-refractivity contribution >= 4 is 16.9 Å². The molecule has 0 aliphatic rings. The first-order chi connectivity index (χ1) is 8.80. The lowest BCUT2D eigenvalue weighted by atomic mass is 10.1. The molecule has 0 amide bonds. The van der Waals surface area contributed by atoms with Crippen LogP contribution in [0.25, 0.3) is 11.0 Å². The zero-order valence-electron chi connectivity index (χ0n) is 9.58. The molecule has 2 rings (SSSR count). The third-order valence-electron chi connectivity index (χ3n) is 2.45. The lowest BCUT2D eigenvalue weighted by Gasteiger charge is -2.09. The van der Waals surface area contributed by atoms with E-state index < -0.39 is 23.5 Å². The highest BCUT2D eigenvalue weighted by atomic mass is 19.4. The number of fused-ring (bicyclic) bond motifs is 1. The summed E-state index contributed by atoms with van der Waals surface area (Å²) in [7, 11) is 0. The first-order valence-electron chi connectivity index (χ1n) is 5.12. The molecule has 0 fully saturated rings. The standard InChI is InChI=1S/C12H7F3O4/c1-6-7-4-2-3-5-8(7)18-10(16)9(6)19-11(17)12(13,14)15/h2-5H,1H3. The van der Waals surface area contributed by atoms with Crippen molar-refractivity contribution in [2.45, 2.75) is 13.1 Å². The molecule has 0 saturated carbocycles. The number of halogens is 3. The molecule has 0 aliphatic heterocycles. The van der Waals surface area contributed by atoms with Gasteiger partial charge in [0.1, 0.15) is 5.58 Å². The Kier molecular flexibility index (Phi) is 3.05. The molecule has 19 heavy (non-hydrogen) atoms. The molecule has 0 saturated heterocycles. The van der Waals surface area contributed by atoms with E-state index in [-0.39, 0.29) is 11.1 Å². The van der Waals surface area contributed by atoms with Gasteiger partial charge in [0, 0.05) is 10.9 Å². The van der Waals surface area contributed by atoms with Crippen molar-refractivity contribution in [3.8, 4) is 5.75 Å². The Bertz CT molecular complexity index is 700. The monoisotopic (exact) mass is 272 g/mol. The third kappa shape index (κ3) is 2.44. The minimum absolute atomic E-state index is 0.115. The predicted molar refractivity (Wildman–Crippen MR) is 58.9 cm³/mol. The Balaban J connectivity index is 2.56. The average molecular weight is 272 g/mol. The maximum atomic E-state index is 12.1. The zero-order valence-corrected chi connectivity index (χ0v) is 9.58. The Morgan fingerprint density at radius 3 is 2.53 bits per heavy atom. The molecule has 0 atom stereocenters. The van der Waals surface area contributed by atoms with Crippen LogP contribution in [0.2, 0.25) is 0 Å². The van der Waals surface area contributed by atoms with Gasteiger partial charge >= 0.3 is 17.8 Å². The van der Waals surface area contributed by atoms with Gasteiger partial charge in [0.05, 0.1) is 0 Å². The van der Waals surface area contributed by atoms with Crippen LogP contribution in [0, 0.1) is 6.92 Å². The van der Waals surface area contributed by atoms with Gasteiger partial charge in [-0.2, -0.15) is 13.2 Å². The third-order valence-corrected chi connectivity index (χ3v) is 2.45. The van der Waals surface area contributed by atoms with E-state index in [2.05, 4.69) is 4.74 Å². The molecular formula is C12H7F3O4. The lowest BCUT2D eigenvalue weighted by Crippen LogP contribution is -2.30. The number of esters is 1. The van der Waals surface area contributed by atoms with Crippen LogP contribution in [0.15, 0.2) is 33.5 Å². The van der Waals surface area contributed by atoms with Gasteiger partial charge in [-0.15, -0.1) is 0 Å². The van der Waals surface area contributed by atoms with Crippen molar-refractivity contribution in [2.24, 2.45) is 0 Å². The van der Waals surface area contributed by atoms with E-state index in [0.717, 1.165) is 0 Å². The number of alkyl halides is 3. The van der Waals surface area contributed by atoms with Gasteiger partial charge in [-0.05, 0) is 13.0 Å². The van der Waals surface area contributed by atoms with E-state index in [1.54, 1.807) is 18.2 Å². The molecule has 1 heterocycles. The fourth-order valence-electron chi connectivity index (χ4n) is 1.56. The van der Waals surface area contributed by atoms with E-state index in [4.69, 9.17) is 4.42 Å². The van der Waals surface area contributed by atoms with Crippen molar-refractivity contribution < 1.29 is 27.1 Å². The summed E-state index contributed by atoms with van der Waals surface area (Å²) in [5.41, 5.74) is -0.810. The van der Waals surface area contributed by atoms with E-state index in [0.29, 0.717) is 5.39 Å². The number of benzene rings is 1. The summed E-state index contributed by atoms with van der Waals surface area (Å²) < 4.78 is 45.2. The quantitative estimate of drug-likeness (QED) is 0.591. The molecule has 0 bridgehead atoms. The molecule has 0 N–H and O–H groups in total. The molecule has 100 valence electrons. The zero-order chi connectivity index (χ0) is 14.2. The number of rotatable bonds is 1. The van der Waals surface area contributed by atoms with Gasteiger partial charge in [0.25, 0.3) is 0 Å². The van der Waals surface area contributed by atoms with Crippen molar-refractivity contribution in [2.75, 3.05) is 0 Å². The molecule has 7 heteroatoms. The Morgan fingerprint density at radius 1 is 1.26 bits per heavy atom. The SMILES string of the molecule is Cc1c(OC(=O)C(F)(F)F)c(=O)oc2ccccc12. The lowest BCUT2D eigenvalue weighted by molar-refractivity contribution is -0.189. The maximum absolute atomic E-state index is 12.1. The van der Waals surface area contributed by atoms with Crippen LogP contribution < -0.4 is 10.4 Å². The normalized spacial score (nSPS) is 11.6. The number of ether oxygens (including phenoxy) is 1. The van der Waals surface area contributed by atoms with Crippen molar-refractivity contribution in [1.29, 1.82) is 0 Å². The van der Waals surface area contributed by atoms with Crippen LogP contribution in [0.5, 0.6) is 5.75 Å². The molecule has 0 aliphatic carbocycles. The predicted octanol–water partition coefficient (Wildman–Crippen LogP) is 2.57. The first kappa shape index (κ1) is 13.1. The van der Waals surface area contributed by atoms with Crippen LogP contribution in [-0.4, -0.2) is 12.1 Å². The van der Waals surface area contributed by atoms with E-state index in [1.807, 2.05) is 0 Å². The topological polar surface area (TPSA) is 56.5 Å². The summed E-state index contributed by atoms with van der Waals surface area (Å²) in [6.45, 7) is 1.37. The molecule has 0 spiro atoms. The van der Waals surface area contributed by atoms with Gasteiger partial charge < -0.3 is 9.15 Å².